The van der Waals surface area contributed by atoms with Crippen molar-refractivity contribution in [1.82, 2.24) is 5.32 Å². The molecule has 0 aliphatic heterocycles. The Balaban J connectivity index is 1.90. The molecular weight excluding hydrogens is 341 g/mol. The lowest BCUT2D eigenvalue weighted by Gasteiger charge is -2.15. The Hall–Kier alpha value is -2.11. The van der Waals surface area contributed by atoms with Gasteiger partial charge in [0.05, 0.1) is 16.1 Å². The van der Waals surface area contributed by atoms with Crippen LogP contribution in [0.15, 0.2) is 36.4 Å². The van der Waals surface area contributed by atoms with Crippen molar-refractivity contribution in [2.45, 2.75) is 13.0 Å². The fourth-order valence-electron chi connectivity index (χ4n) is 1.89. The van der Waals surface area contributed by atoms with Crippen LogP contribution in [0.3, 0.4) is 0 Å². The number of ether oxygens (including phenoxy) is 1. The molecule has 0 bridgehead atoms. The van der Waals surface area contributed by atoms with E-state index in [9.17, 15) is 15.0 Å². The van der Waals surface area contributed by atoms with E-state index in [1.54, 1.807) is 25.1 Å². The fourth-order valence-corrected chi connectivity index (χ4v) is 2.18. The van der Waals surface area contributed by atoms with Gasteiger partial charge in [-0.25, -0.2) is 0 Å². The lowest BCUT2D eigenvalue weighted by molar-refractivity contribution is -0.123. The van der Waals surface area contributed by atoms with Crippen molar-refractivity contribution in [2.75, 3.05) is 6.61 Å². The van der Waals surface area contributed by atoms with Crippen LogP contribution < -0.4 is 10.1 Å². The van der Waals surface area contributed by atoms with Gasteiger partial charge in [0.25, 0.3) is 5.91 Å². The Morgan fingerprint density at radius 3 is 2.52 bits per heavy atom. The van der Waals surface area contributed by atoms with E-state index in [0.29, 0.717) is 21.4 Å². The van der Waals surface area contributed by atoms with E-state index in [4.69, 9.17) is 27.9 Å². The highest BCUT2D eigenvalue weighted by Gasteiger charge is 2.12. The third-order valence-electron chi connectivity index (χ3n) is 3.14. The molecule has 0 radical (unpaired) electrons. The summed E-state index contributed by atoms with van der Waals surface area (Å²) in [5.74, 6) is -0.355. The van der Waals surface area contributed by atoms with Crippen LogP contribution in [0.25, 0.3) is 0 Å². The van der Waals surface area contributed by atoms with Crippen LogP contribution >= 0.6 is 23.2 Å². The molecule has 0 saturated carbocycles. The Labute approximate surface area is 143 Å². The summed E-state index contributed by atoms with van der Waals surface area (Å²) in [4.78, 5) is 11.9. The van der Waals surface area contributed by atoms with Gasteiger partial charge in [-0.1, -0.05) is 29.3 Å². The average molecular weight is 356 g/mol. The number of phenolic OH excluding ortho intramolecular Hbond substituents is 2. The van der Waals surface area contributed by atoms with E-state index in [0.717, 1.165) is 0 Å². The second kappa shape index (κ2) is 7.44. The molecule has 2 aromatic carbocycles. The summed E-state index contributed by atoms with van der Waals surface area (Å²) in [7, 11) is 0. The molecule has 0 aliphatic rings. The molecule has 1 atom stereocenters. The largest absolute Gasteiger partial charge is 0.504 e. The number of benzene rings is 2. The predicted octanol–water partition coefficient (Wildman–Crippen LogP) is 3.66. The first-order valence-electron chi connectivity index (χ1n) is 6.76. The third-order valence-corrected chi connectivity index (χ3v) is 3.88. The predicted molar refractivity (Wildman–Crippen MR) is 88.3 cm³/mol. The Bertz CT molecular complexity index is 721. The molecule has 1 amide bonds. The third kappa shape index (κ3) is 4.68. The molecule has 7 heteroatoms. The van der Waals surface area contributed by atoms with E-state index in [-0.39, 0.29) is 30.1 Å². The van der Waals surface area contributed by atoms with E-state index in [2.05, 4.69) is 5.32 Å². The first-order valence-corrected chi connectivity index (χ1v) is 7.51. The van der Waals surface area contributed by atoms with Gasteiger partial charge in [-0.15, -0.1) is 0 Å². The van der Waals surface area contributed by atoms with Gasteiger partial charge in [0, 0.05) is 6.07 Å². The van der Waals surface area contributed by atoms with E-state index < -0.39 is 0 Å². The van der Waals surface area contributed by atoms with Crippen LogP contribution in [-0.2, 0) is 4.79 Å². The number of phenols is 2. The number of nitrogens with one attached hydrogen (secondary N) is 1. The van der Waals surface area contributed by atoms with Crippen molar-refractivity contribution in [3.63, 3.8) is 0 Å². The number of hydrogen-bond donors (Lipinski definition) is 3. The van der Waals surface area contributed by atoms with Crippen LogP contribution in [0.5, 0.6) is 17.2 Å². The normalized spacial score (nSPS) is 11.8. The molecule has 0 aliphatic carbocycles. The van der Waals surface area contributed by atoms with Crippen molar-refractivity contribution in [3.05, 3.63) is 52.0 Å². The molecule has 0 saturated heterocycles. The van der Waals surface area contributed by atoms with E-state index >= 15 is 0 Å². The molecule has 5 nitrogen and oxygen atoms in total. The highest BCUT2D eigenvalue weighted by molar-refractivity contribution is 6.42. The molecule has 0 spiro atoms. The smallest absolute Gasteiger partial charge is 0.258 e. The maximum Gasteiger partial charge on any atom is 0.258 e. The molecule has 1 unspecified atom stereocenters. The SMILES string of the molecule is CC(NC(=O)COc1ccc(Cl)c(Cl)c1)c1ccc(O)c(O)c1. The maximum atomic E-state index is 11.9. The molecule has 0 heterocycles. The van der Waals surface area contributed by atoms with Crippen molar-refractivity contribution in [3.8, 4) is 17.2 Å². The summed E-state index contributed by atoms with van der Waals surface area (Å²) in [5.41, 5.74) is 0.656. The monoisotopic (exact) mass is 355 g/mol. The van der Waals surface area contributed by atoms with Crippen molar-refractivity contribution in [1.29, 1.82) is 0 Å². The second-order valence-electron chi connectivity index (χ2n) is 4.90. The second-order valence-corrected chi connectivity index (χ2v) is 5.72. The minimum atomic E-state index is -0.355. The fraction of sp³-hybridized carbons (Fsp3) is 0.188. The molecule has 23 heavy (non-hydrogen) atoms. The van der Waals surface area contributed by atoms with Crippen molar-refractivity contribution in [2.24, 2.45) is 0 Å². The number of hydrogen-bond acceptors (Lipinski definition) is 4. The standard InChI is InChI=1S/C16H15Cl2NO4/c1-9(10-2-5-14(20)15(21)6-10)19-16(22)8-23-11-3-4-12(17)13(18)7-11/h2-7,9,20-21H,8H2,1H3,(H,19,22). The summed E-state index contributed by atoms with van der Waals surface area (Å²) in [6.45, 7) is 1.56. The molecule has 0 fully saturated rings. The van der Waals surface area contributed by atoms with Gasteiger partial charge in [-0.05, 0) is 36.8 Å². The Morgan fingerprint density at radius 2 is 1.87 bits per heavy atom. The van der Waals surface area contributed by atoms with E-state index in [1.807, 2.05) is 0 Å². The molecule has 3 N–H and O–H groups in total. The van der Waals surface area contributed by atoms with Crippen molar-refractivity contribution < 1.29 is 19.7 Å². The summed E-state index contributed by atoms with van der Waals surface area (Å²) in [5, 5.41) is 22.2. The van der Waals surface area contributed by atoms with Gasteiger partial charge in [0.15, 0.2) is 18.1 Å². The van der Waals surface area contributed by atoms with Crippen LogP contribution in [0, 0.1) is 0 Å². The summed E-state index contributed by atoms with van der Waals surface area (Å²) < 4.78 is 5.34. The van der Waals surface area contributed by atoms with Gasteiger partial charge in [0.1, 0.15) is 5.75 Å². The van der Waals surface area contributed by atoms with Gasteiger partial charge >= 0.3 is 0 Å². The van der Waals surface area contributed by atoms with E-state index in [1.165, 1.54) is 18.2 Å². The highest BCUT2D eigenvalue weighted by atomic mass is 35.5. The lowest BCUT2D eigenvalue weighted by atomic mass is 10.1. The first kappa shape index (κ1) is 17.2. The van der Waals surface area contributed by atoms with Gasteiger partial charge in [-0.3, -0.25) is 4.79 Å². The molecule has 0 aromatic heterocycles. The van der Waals surface area contributed by atoms with Crippen LogP contribution in [-0.4, -0.2) is 22.7 Å². The summed E-state index contributed by atoms with van der Waals surface area (Å²) in [6, 6.07) is 8.73. The highest BCUT2D eigenvalue weighted by Crippen LogP contribution is 2.28. The zero-order valence-corrected chi connectivity index (χ0v) is 13.7. The van der Waals surface area contributed by atoms with Gasteiger partial charge in [-0.2, -0.15) is 0 Å². The summed E-state index contributed by atoms with van der Waals surface area (Å²) >= 11 is 11.7. The average Bonchev–Trinajstić information content (AvgIpc) is 2.51. The van der Waals surface area contributed by atoms with Gasteiger partial charge in [0.2, 0.25) is 0 Å². The lowest BCUT2D eigenvalue weighted by Crippen LogP contribution is -2.31. The zero-order valence-electron chi connectivity index (χ0n) is 12.2. The van der Waals surface area contributed by atoms with Crippen molar-refractivity contribution >= 4 is 29.1 Å². The van der Waals surface area contributed by atoms with Crippen LogP contribution in [0.1, 0.15) is 18.5 Å². The number of halogens is 2. The Kier molecular flexibility index (Phi) is 5.58. The topological polar surface area (TPSA) is 78.8 Å². The van der Waals surface area contributed by atoms with Crippen LogP contribution in [0.2, 0.25) is 10.0 Å². The number of rotatable bonds is 5. The minimum absolute atomic E-state index is 0.188. The van der Waals surface area contributed by atoms with Crippen LogP contribution in [0.4, 0.5) is 0 Å². The number of aromatic hydroxyl groups is 2. The quantitative estimate of drug-likeness (QED) is 0.715. The van der Waals surface area contributed by atoms with Gasteiger partial charge < -0.3 is 20.3 Å². The summed E-state index contributed by atoms with van der Waals surface area (Å²) in [6.07, 6.45) is 0. The Morgan fingerprint density at radius 1 is 1.13 bits per heavy atom. The molecule has 122 valence electrons. The number of carbonyl (C=O) groups excluding carboxylic acids is 1. The first-order chi connectivity index (χ1) is 10.9. The maximum absolute atomic E-state index is 11.9. The zero-order chi connectivity index (χ0) is 17.0. The minimum Gasteiger partial charge on any atom is -0.504 e. The molecule has 2 aromatic rings. The number of amides is 1. The molecular formula is C16H15Cl2NO4. The molecule has 2 rings (SSSR count). The number of carbonyl (C=O) groups is 1.